The first kappa shape index (κ1) is 13.5. The fraction of sp³-hybridized carbons (Fsp3) is 0.294. The fourth-order valence-corrected chi connectivity index (χ4v) is 2.71. The summed E-state index contributed by atoms with van der Waals surface area (Å²) in [6, 6.07) is 12.1. The Kier molecular flexibility index (Phi) is 4.22. The van der Waals surface area contributed by atoms with E-state index in [2.05, 4.69) is 28.1 Å². The lowest BCUT2D eigenvalue weighted by Gasteiger charge is -2.24. The minimum Gasteiger partial charge on any atom is -0.314 e. The zero-order valence-electron chi connectivity index (χ0n) is 11.3. The molecule has 2 aromatic carbocycles. The van der Waals surface area contributed by atoms with E-state index in [0.29, 0.717) is 0 Å². The number of nitrogens with one attached hydrogen (secondary N) is 1. The van der Waals surface area contributed by atoms with Gasteiger partial charge in [0, 0.05) is 42.2 Å². The van der Waals surface area contributed by atoms with Crippen LogP contribution in [0.3, 0.4) is 0 Å². The molecule has 0 aliphatic carbocycles. The molecule has 0 aromatic heterocycles. The van der Waals surface area contributed by atoms with Crippen LogP contribution in [0.4, 0.5) is 0 Å². The zero-order chi connectivity index (χ0) is 13.8. The van der Waals surface area contributed by atoms with Gasteiger partial charge in [0.2, 0.25) is 0 Å². The zero-order valence-corrected chi connectivity index (χ0v) is 12.1. The topological polar surface area (TPSA) is 15.3 Å². The van der Waals surface area contributed by atoms with Gasteiger partial charge in [-0.05, 0) is 17.5 Å². The van der Waals surface area contributed by atoms with E-state index < -0.39 is 0 Å². The molecule has 0 amide bonds. The van der Waals surface area contributed by atoms with Crippen LogP contribution >= 0.6 is 11.6 Å². The Labute approximate surface area is 124 Å². The van der Waals surface area contributed by atoms with E-state index in [4.69, 9.17) is 11.6 Å². The molecule has 1 N–H and O–H groups in total. The molecule has 0 bridgehead atoms. The summed E-state index contributed by atoms with van der Waals surface area (Å²) >= 11 is 6.22. The lowest BCUT2D eigenvalue weighted by atomic mass is 10.0. The number of nitrogens with zero attached hydrogens (tertiary/aromatic N) is 1. The summed E-state index contributed by atoms with van der Waals surface area (Å²) < 4.78 is 0. The second kappa shape index (κ2) is 6.28. The van der Waals surface area contributed by atoms with Crippen molar-refractivity contribution in [1.29, 1.82) is 0 Å². The van der Waals surface area contributed by atoms with Crippen molar-refractivity contribution in [1.82, 2.24) is 10.2 Å². The van der Waals surface area contributed by atoms with Gasteiger partial charge < -0.3 is 5.32 Å². The number of hydrogen-bond acceptors (Lipinski definition) is 2. The van der Waals surface area contributed by atoms with Crippen molar-refractivity contribution in [2.24, 2.45) is 0 Å². The molecule has 1 aliphatic rings. The first-order valence-corrected chi connectivity index (χ1v) is 7.31. The quantitative estimate of drug-likeness (QED) is 0.810. The van der Waals surface area contributed by atoms with E-state index in [1.807, 2.05) is 30.3 Å². The Balaban J connectivity index is 1.82. The second-order valence-electron chi connectivity index (χ2n) is 4.97. The van der Waals surface area contributed by atoms with Gasteiger partial charge >= 0.3 is 0 Å². The van der Waals surface area contributed by atoms with Gasteiger partial charge in [0.25, 0.3) is 0 Å². The number of piperazine rings is 1. The van der Waals surface area contributed by atoms with E-state index in [-0.39, 0.29) is 0 Å². The van der Waals surface area contributed by atoms with Gasteiger partial charge in [-0.2, -0.15) is 0 Å². The molecule has 1 saturated heterocycles. The van der Waals surface area contributed by atoms with Gasteiger partial charge in [-0.15, -0.1) is 0 Å². The van der Waals surface area contributed by atoms with Gasteiger partial charge in [-0.1, -0.05) is 47.7 Å². The van der Waals surface area contributed by atoms with E-state index in [0.717, 1.165) is 54.1 Å². The molecule has 102 valence electrons. The Morgan fingerprint density at radius 3 is 2.60 bits per heavy atom. The minimum atomic E-state index is 0.785. The molecule has 0 unspecified atom stereocenters. The van der Waals surface area contributed by atoms with Crippen molar-refractivity contribution in [2.45, 2.75) is 0 Å². The maximum absolute atomic E-state index is 6.22. The Hall–Kier alpha value is -1.53. The van der Waals surface area contributed by atoms with Crippen molar-refractivity contribution in [3.05, 3.63) is 47.0 Å². The summed E-state index contributed by atoms with van der Waals surface area (Å²) in [5.41, 5.74) is 1.06. The highest BCUT2D eigenvalue weighted by molar-refractivity contribution is 6.35. The van der Waals surface area contributed by atoms with Gasteiger partial charge in [-0.3, -0.25) is 4.90 Å². The number of rotatable bonds is 1. The van der Waals surface area contributed by atoms with Crippen molar-refractivity contribution in [2.75, 3.05) is 32.7 Å². The van der Waals surface area contributed by atoms with Gasteiger partial charge in [0.15, 0.2) is 0 Å². The molecule has 0 atom stereocenters. The van der Waals surface area contributed by atoms with Crippen molar-refractivity contribution >= 4 is 22.4 Å². The number of fused-ring (bicyclic) bond motifs is 1. The molecular weight excluding hydrogens is 268 g/mol. The molecule has 1 heterocycles. The maximum Gasteiger partial charge on any atom is 0.0606 e. The van der Waals surface area contributed by atoms with Crippen LogP contribution in [0.5, 0.6) is 0 Å². The molecule has 2 aromatic rings. The third-order valence-electron chi connectivity index (χ3n) is 3.61. The van der Waals surface area contributed by atoms with Crippen molar-refractivity contribution in [3.8, 4) is 11.8 Å². The summed E-state index contributed by atoms with van der Waals surface area (Å²) in [4.78, 5) is 2.38. The largest absolute Gasteiger partial charge is 0.314 e. The second-order valence-corrected chi connectivity index (χ2v) is 5.38. The van der Waals surface area contributed by atoms with E-state index in [1.54, 1.807) is 0 Å². The van der Waals surface area contributed by atoms with Crippen molar-refractivity contribution in [3.63, 3.8) is 0 Å². The SMILES string of the molecule is Clc1ccc(C#CCN2CCNCC2)c2ccccc12. The van der Waals surface area contributed by atoms with Crippen LogP contribution < -0.4 is 5.32 Å². The lowest BCUT2D eigenvalue weighted by Crippen LogP contribution is -2.43. The summed E-state index contributed by atoms with van der Waals surface area (Å²) in [6.07, 6.45) is 0. The van der Waals surface area contributed by atoms with Crippen LogP contribution in [-0.4, -0.2) is 37.6 Å². The molecule has 2 nitrogen and oxygen atoms in total. The molecule has 0 saturated carbocycles. The smallest absolute Gasteiger partial charge is 0.0606 e. The first-order chi connectivity index (χ1) is 9.84. The number of benzene rings is 2. The molecule has 3 heteroatoms. The van der Waals surface area contributed by atoms with Crippen LogP contribution in [0.15, 0.2) is 36.4 Å². The maximum atomic E-state index is 6.22. The van der Waals surface area contributed by atoms with Crippen LogP contribution in [0.25, 0.3) is 10.8 Å². The van der Waals surface area contributed by atoms with Crippen LogP contribution in [0.1, 0.15) is 5.56 Å². The highest BCUT2D eigenvalue weighted by atomic mass is 35.5. The lowest BCUT2D eigenvalue weighted by molar-refractivity contribution is 0.268. The summed E-state index contributed by atoms with van der Waals surface area (Å²) in [7, 11) is 0. The Bertz CT molecular complexity index is 663. The van der Waals surface area contributed by atoms with Gasteiger partial charge in [0.05, 0.1) is 6.54 Å². The third-order valence-corrected chi connectivity index (χ3v) is 3.94. The van der Waals surface area contributed by atoms with Crippen molar-refractivity contribution < 1.29 is 0 Å². The van der Waals surface area contributed by atoms with Crippen LogP contribution in [-0.2, 0) is 0 Å². The van der Waals surface area contributed by atoms with Gasteiger partial charge in [0.1, 0.15) is 0 Å². The average molecular weight is 285 g/mol. The fourth-order valence-electron chi connectivity index (χ4n) is 2.49. The average Bonchev–Trinajstić information content (AvgIpc) is 2.51. The molecule has 3 rings (SSSR count). The standard InChI is InChI=1S/C17H17ClN2/c18-17-8-7-14(15-5-1-2-6-16(15)17)4-3-11-20-12-9-19-10-13-20/h1-2,5-8,19H,9-13H2. The van der Waals surface area contributed by atoms with Crippen LogP contribution in [0, 0.1) is 11.8 Å². The number of halogens is 1. The molecule has 1 aliphatic heterocycles. The highest BCUT2D eigenvalue weighted by Crippen LogP contribution is 2.25. The summed E-state index contributed by atoms with van der Waals surface area (Å²) in [5.74, 6) is 6.58. The molecule has 0 spiro atoms. The number of hydrogen-bond donors (Lipinski definition) is 1. The molecular formula is C17H17ClN2. The Morgan fingerprint density at radius 2 is 1.80 bits per heavy atom. The van der Waals surface area contributed by atoms with E-state index in [9.17, 15) is 0 Å². The third kappa shape index (κ3) is 2.96. The van der Waals surface area contributed by atoms with E-state index in [1.165, 1.54) is 0 Å². The normalized spacial score (nSPS) is 15.8. The summed E-state index contributed by atoms with van der Waals surface area (Å²) in [5, 5.41) is 6.34. The van der Waals surface area contributed by atoms with Crippen LogP contribution in [0.2, 0.25) is 5.02 Å². The first-order valence-electron chi connectivity index (χ1n) is 6.94. The summed E-state index contributed by atoms with van der Waals surface area (Å²) in [6.45, 7) is 5.11. The highest BCUT2D eigenvalue weighted by Gasteiger charge is 2.07. The van der Waals surface area contributed by atoms with Gasteiger partial charge in [-0.25, -0.2) is 0 Å². The Morgan fingerprint density at radius 1 is 1.05 bits per heavy atom. The molecule has 1 fully saturated rings. The predicted molar refractivity (Wildman–Crippen MR) is 85.1 cm³/mol. The molecule has 0 radical (unpaired) electrons. The predicted octanol–water partition coefficient (Wildman–Crippen LogP) is 2.75. The molecule has 20 heavy (non-hydrogen) atoms. The minimum absolute atomic E-state index is 0.785. The monoisotopic (exact) mass is 284 g/mol. The van der Waals surface area contributed by atoms with E-state index >= 15 is 0 Å².